The maximum Gasteiger partial charge on any atom is 0.135 e. The van der Waals surface area contributed by atoms with Gasteiger partial charge in [-0.05, 0) is 148 Å². The van der Waals surface area contributed by atoms with Gasteiger partial charge in [-0.25, -0.2) is 0 Å². The van der Waals surface area contributed by atoms with Gasteiger partial charge in [0.2, 0.25) is 0 Å². The van der Waals surface area contributed by atoms with Gasteiger partial charge in [0.1, 0.15) is 22.3 Å². The SMILES string of the molecule is c1ccc(-n2c3ccccc3c3cc(-c4ccc(-c5ccc(N(c6ccc(-c7ccc8oc9ccccc9c8c7)cc6)c6ccc(-c7ccc8oc9ccccc9c8c7)cc6)cc5)cc4)ccc32)cc1. The number of hydrogen-bond acceptors (Lipinski definition) is 3. The van der Waals surface area contributed by atoms with Crippen molar-refractivity contribution in [3.63, 3.8) is 0 Å². The summed E-state index contributed by atoms with van der Waals surface area (Å²) in [5.74, 6) is 0. The Morgan fingerprint density at radius 2 is 0.586 bits per heavy atom. The number of para-hydroxylation sites is 4. The first-order valence-electron chi connectivity index (χ1n) is 23.8. The summed E-state index contributed by atoms with van der Waals surface area (Å²) in [5, 5.41) is 7.01. The maximum atomic E-state index is 6.15. The second-order valence-electron chi connectivity index (χ2n) is 18.1. The highest BCUT2D eigenvalue weighted by atomic mass is 16.3. The van der Waals surface area contributed by atoms with Crippen LogP contribution in [-0.4, -0.2) is 4.57 Å². The van der Waals surface area contributed by atoms with E-state index in [1.54, 1.807) is 0 Å². The third-order valence-corrected chi connectivity index (χ3v) is 14.0. The zero-order chi connectivity index (χ0) is 46.1. The summed E-state index contributed by atoms with van der Waals surface area (Å²) in [7, 11) is 0. The molecule has 0 bridgehead atoms. The molecule has 14 rings (SSSR count). The number of fused-ring (bicyclic) bond motifs is 9. The van der Waals surface area contributed by atoms with E-state index < -0.39 is 0 Å². The fourth-order valence-electron chi connectivity index (χ4n) is 10.5. The van der Waals surface area contributed by atoms with Crippen LogP contribution in [0.25, 0.3) is 116 Å². The Balaban J connectivity index is 0.793. The van der Waals surface area contributed by atoms with E-state index in [1.807, 2.05) is 24.3 Å². The van der Waals surface area contributed by atoms with Crippen LogP contribution in [0.1, 0.15) is 0 Å². The monoisotopic (exact) mass is 894 g/mol. The molecule has 0 saturated carbocycles. The van der Waals surface area contributed by atoms with Crippen molar-refractivity contribution in [3.05, 3.63) is 255 Å². The van der Waals surface area contributed by atoms with Gasteiger partial charge < -0.3 is 18.3 Å². The average molecular weight is 895 g/mol. The van der Waals surface area contributed by atoms with E-state index >= 15 is 0 Å². The third-order valence-electron chi connectivity index (χ3n) is 14.0. The fourth-order valence-corrected chi connectivity index (χ4v) is 10.5. The second-order valence-corrected chi connectivity index (χ2v) is 18.1. The Kier molecular flexibility index (Phi) is 9.17. The van der Waals surface area contributed by atoms with Crippen molar-refractivity contribution in [3.8, 4) is 50.2 Å². The lowest BCUT2D eigenvalue weighted by Crippen LogP contribution is -2.09. The Hall–Kier alpha value is -9.38. The standard InChI is InChI=1S/C66H42N2O2/c1-2-10-51(11-3-1)68-61-15-7-4-12-55(61)58-40-48(28-37-62(58)68)45-20-18-43(19-21-45)44-22-31-52(32-23-44)67(53-33-24-46(25-34-53)49-29-38-65-59(41-49)56-13-5-8-16-63(56)69-65)54-35-26-47(27-36-54)50-30-39-66-60(42-50)57-14-6-9-17-64(57)70-66/h1-42H. The van der Waals surface area contributed by atoms with Crippen LogP contribution in [0.3, 0.4) is 0 Å². The first kappa shape index (κ1) is 39.8. The van der Waals surface area contributed by atoms with Crippen LogP contribution in [0.15, 0.2) is 264 Å². The van der Waals surface area contributed by atoms with Crippen molar-refractivity contribution in [1.82, 2.24) is 4.57 Å². The number of aromatic nitrogens is 1. The molecule has 14 aromatic rings. The molecule has 0 saturated heterocycles. The number of benzene rings is 11. The Morgan fingerprint density at radius 1 is 0.243 bits per heavy atom. The number of nitrogens with zero attached hydrogens (tertiary/aromatic N) is 2. The largest absolute Gasteiger partial charge is 0.456 e. The van der Waals surface area contributed by atoms with Gasteiger partial charge in [0, 0.05) is 55.1 Å². The molecule has 0 amide bonds. The van der Waals surface area contributed by atoms with Gasteiger partial charge in [0.05, 0.1) is 11.0 Å². The molecule has 0 spiro atoms. The number of furan rings is 2. The van der Waals surface area contributed by atoms with Gasteiger partial charge in [-0.1, -0.05) is 152 Å². The van der Waals surface area contributed by atoms with Gasteiger partial charge >= 0.3 is 0 Å². The highest BCUT2D eigenvalue weighted by molar-refractivity contribution is 6.11. The van der Waals surface area contributed by atoms with E-state index in [1.165, 1.54) is 44.2 Å². The summed E-state index contributed by atoms with van der Waals surface area (Å²) in [4.78, 5) is 2.34. The second kappa shape index (κ2) is 16.2. The first-order chi connectivity index (χ1) is 34.7. The average Bonchev–Trinajstić information content (AvgIpc) is 4.11. The minimum atomic E-state index is 0.898. The lowest BCUT2D eigenvalue weighted by atomic mass is 9.98. The van der Waals surface area contributed by atoms with Gasteiger partial charge in [-0.2, -0.15) is 0 Å². The molecule has 4 heteroatoms. The molecule has 0 aliphatic heterocycles. The molecule has 0 atom stereocenters. The molecule has 4 nitrogen and oxygen atoms in total. The number of rotatable bonds is 8. The van der Waals surface area contributed by atoms with E-state index in [4.69, 9.17) is 8.83 Å². The summed E-state index contributed by atoms with van der Waals surface area (Å²) >= 11 is 0. The normalized spacial score (nSPS) is 11.7. The summed E-state index contributed by atoms with van der Waals surface area (Å²) in [6.07, 6.45) is 0. The molecule has 0 N–H and O–H groups in total. The lowest BCUT2D eigenvalue weighted by molar-refractivity contribution is 0.668. The van der Waals surface area contributed by atoms with E-state index in [2.05, 4.69) is 240 Å². The third kappa shape index (κ3) is 6.69. The summed E-state index contributed by atoms with van der Waals surface area (Å²) in [6.45, 7) is 0. The smallest absolute Gasteiger partial charge is 0.135 e. The Morgan fingerprint density at radius 3 is 1.09 bits per heavy atom. The van der Waals surface area contributed by atoms with Crippen molar-refractivity contribution in [1.29, 1.82) is 0 Å². The predicted octanol–water partition coefficient (Wildman–Crippen LogP) is 18.7. The molecule has 0 unspecified atom stereocenters. The van der Waals surface area contributed by atoms with Crippen LogP contribution in [0.2, 0.25) is 0 Å². The maximum absolute atomic E-state index is 6.15. The van der Waals surface area contributed by atoms with Crippen molar-refractivity contribution >= 4 is 82.7 Å². The van der Waals surface area contributed by atoms with E-state index in [9.17, 15) is 0 Å². The van der Waals surface area contributed by atoms with Crippen molar-refractivity contribution in [2.24, 2.45) is 0 Å². The van der Waals surface area contributed by atoms with Crippen molar-refractivity contribution in [2.75, 3.05) is 4.90 Å². The van der Waals surface area contributed by atoms with E-state index in [0.29, 0.717) is 0 Å². The van der Waals surface area contributed by atoms with Crippen LogP contribution in [0.4, 0.5) is 17.1 Å². The minimum Gasteiger partial charge on any atom is -0.456 e. The zero-order valence-electron chi connectivity index (χ0n) is 38.0. The van der Waals surface area contributed by atoms with Crippen LogP contribution < -0.4 is 4.90 Å². The molecule has 0 fully saturated rings. The van der Waals surface area contributed by atoms with Gasteiger partial charge in [-0.15, -0.1) is 0 Å². The van der Waals surface area contributed by atoms with Crippen molar-refractivity contribution < 1.29 is 8.83 Å². The van der Waals surface area contributed by atoms with Gasteiger partial charge in [-0.3, -0.25) is 0 Å². The molecule has 328 valence electrons. The molecule has 0 aliphatic carbocycles. The fraction of sp³-hybridized carbons (Fsp3) is 0. The summed E-state index contributed by atoms with van der Waals surface area (Å²) in [6, 6.07) is 91.3. The van der Waals surface area contributed by atoms with Gasteiger partial charge in [0.25, 0.3) is 0 Å². The molecule has 0 aliphatic rings. The van der Waals surface area contributed by atoms with Crippen LogP contribution in [0, 0.1) is 0 Å². The number of hydrogen-bond donors (Lipinski definition) is 0. The van der Waals surface area contributed by atoms with Crippen LogP contribution >= 0.6 is 0 Å². The Bertz CT molecular complexity index is 4100. The highest BCUT2D eigenvalue weighted by Gasteiger charge is 2.17. The van der Waals surface area contributed by atoms with E-state index in [-0.39, 0.29) is 0 Å². The zero-order valence-corrected chi connectivity index (χ0v) is 38.0. The van der Waals surface area contributed by atoms with E-state index in [0.717, 1.165) is 88.8 Å². The quantitative estimate of drug-likeness (QED) is 0.152. The number of anilines is 3. The topological polar surface area (TPSA) is 34.5 Å². The first-order valence-corrected chi connectivity index (χ1v) is 23.8. The summed E-state index contributed by atoms with van der Waals surface area (Å²) in [5.41, 5.74) is 19.7. The molecule has 11 aromatic carbocycles. The lowest BCUT2D eigenvalue weighted by Gasteiger charge is -2.26. The van der Waals surface area contributed by atoms with Crippen molar-refractivity contribution in [2.45, 2.75) is 0 Å². The Labute approximate surface area is 404 Å². The molecule has 3 heterocycles. The van der Waals surface area contributed by atoms with Gasteiger partial charge in [0.15, 0.2) is 0 Å². The molecular weight excluding hydrogens is 853 g/mol. The minimum absolute atomic E-state index is 0.898. The van der Waals surface area contributed by atoms with Crippen LogP contribution in [0.5, 0.6) is 0 Å². The van der Waals surface area contributed by atoms with Crippen LogP contribution in [-0.2, 0) is 0 Å². The molecule has 70 heavy (non-hydrogen) atoms. The molecular formula is C66H42N2O2. The molecule has 0 radical (unpaired) electrons. The predicted molar refractivity (Wildman–Crippen MR) is 292 cm³/mol. The summed E-state index contributed by atoms with van der Waals surface area (Å²) < 4.78 is 14.7. The molecule has 3 aromatic heterocycles. The highest BCUT2D eigenvalue weighted by Crippen LogP contribution is 2.41.